The molecule has 0 aromatic carbocycles. The van der Waals surface area contributed by atoms with E-state index in [1.54, 1.807) is 16.9 Å². The van der Waals surface area contributed by atoms with Crippen molar-refractivity contribution in [3.8, 4) is 0 Å². The standard InChI is InChI=1S/C19H24ClN7OS/c1-12(21)19(2)4-7-26(8-5-19)17-13(10-28)24-15(9-22-17)29-14-3-6-27-11-23-25-18(27)16(14)20/h3,6,9,11-12,28H,4-5,7-8,10,21H2,1-2H3. The number of aliphatic hydroxyl groups is 1. The zero-order valence-electron chi connectivity index (χ0n) is 16.4. The van der Waals surface area contributed by atoms with Gasteiger partial charge in [0.15, 0.2) is 11.5 Å². The summed E-state index contributed by atoms with van der Waals surface area (Å²) in [7, 11) is 0. The van der Waals surface area contributed by atoms with Crippen LogP contribution in [0.4, 0.5) is 5.82 Å². The molecule has 29 heavy (non-hydrogen) atoms. The van der Waals surface area contributed by atoms with E-state index in [-0.39, 0.29) is 18.1 Å². The molecule has 10 heteroatoms. The Bertz CT molecular complexity index is 1020. The molecule has 0 radical (unpaired) electrons. The summed E-state index contributed by atoms with van der Waals surface area (Å²) in [6.07, 6.45) is 7.15. The number of anilines is 1. The summed E-state index contributed by atoms with van der Waals surface area (Å²) < 4.78 is 1.76. The van der Waals surface area contributed by atoms with Crippen LogP contribution in [0.1, 0.15) is 32.4 Å². The normalized spacial score (nSPS) is 17.6. The van der Waals surface area contributed by atoms with E-state index in [2.05, 4.69) is 38.9 Å². The molecule has 0 spiro atoms. The Morgan fingerprint density at radius 2 is 2.14 bits per heavy atom. The van der Waals surface area contributed by atoms with Gasteiger partial charge in [-0.05, 0) is 31.2 Å². The van der Waals surface area contributed by atoms with Crippen molar-refractivity contribution in [3.05, 3.63) is 35.5 Å². The van der Waals surface area contributed by atoms with Crippen molar-refractivity contribution >= 4 is 34.8 Å². The third-order valence-corrected chi connectivity index (χ3v) is 7.29. The first-order valence-electron chi connectivity index (χ1n) is 9.54. The lowest BCUT2D eigenvalue weighted by Gasteiger charge is -2.42. The highest BCUT2D eigenvalue weighted by Crippen LogP contribution is 2.37. The SMILES string of the molecule is CC(N)C1(C)CCN(c2ncc(Sc3ccn4cnnc4c3Cl)nc2CO)CC1. The lowest BCUT2D eigenvalue weighted by atomic mass is 9.75. The minimum atomic E-state index is -0.172. The third-order valence-electron chi connectivity index (χ3n) is 5.84. The van der Waals surface area contributed by atoms with Gasteiger partial charge < -0.3 is 15.7 Å². The van der Waals surface area contributed by atoms with Gasteiger partial charge >= 0.3 is 0 Å². The van der Waals surface area contributed by atoms with Gasteiger partial charge in [-0.15, -0.1) is 10.2 Å². The lowest BCUT2D eigenvalue weighted by Crippen LogP contribution is -2.47. The second-order valence-corrected chi connectivity index (χ2v) is 9.16. The van der Waals surface area contributed by atoms with Gasteiger partial charge in [0.25, 0.3) is 0 Å². The fraction of sp³-hybridized carbons (Fsp3) is 0.474. The molecule has 1 saturated heterocycles. The van der Waals surface area contributed by atoms with Crippen molar-refractivity contribution in [2.45, 2.75) is 49.3 Å². The van der Waals surface area contributed by atoms with Crippen LogP contribution in [0.3, 0.4) is 0 Å². The fourth-order valence-corrected chi connectivity index (χ4v) is 4.65. The van der Waals surface area contributed by atoms with E-state index in [0.717, 1.165) is 36.6 Å². The van der Waals surface area contributed by atoms with Crippen LogP contribution >= 0.6 is 23.4 Å². The Kier molecular flexibility index (Phi) is 5.65. The van der Waals surface area contributed by atoms with E-state index in [4.69, 9.17) is 17.3 Å². The zero-order valence-corrected chi connectivity index (χ0v) is 18.0. The van der Waals surface area contributed by atoms with Gasteiger partial charge in [-0.1, -0.05) is 30.3 Å². The van der Waals surface area contributed by atoms with Gasteiger partial charge in [-0.2, -0.15) is 0 Å². The highest BCUT2D eigenvalue weighted by atomic mass is 35.5. The largest absolute Gasteiger partial charge is 0.390 e. The first kappa shape index (κ1) is 20.3. The molecule has 3 aromatic heterocycles. The molecule has 4 rings (SSSR count). The number of nitrogens with two attached hydrogens (primary N) is 1. The lowest BCUT2D eigenvalue weighted by molar-refractivity contribution is 0.204. The highest BCUT2D eigenvalue weighted by Gasteiger charge is 2.34. The first-order chi connectivity index (χ1) is 13.9. The van der Waals surface area contributed by atoms with Gasteiger partial charge in [0.2, 0.25) is 0 Å². The molecule has 1 aliphatic rings. The Morgan fingerprint density at radius 1 is 1.38 bits per heavy atom. The number of piperidine rings is 1. The molecule has 3 aromatic rings. The molecule has 0 bridgehead atoms. The number of hydrogen-bond donors (Lipinski definition) is 2. The number of halogens is 1. The summed E-state index contributed by atoms with van der Waals surface area (Å²) in [6, 6.07) is 2.04. The Hall–Kier alpha value is -1.94. The van der Waals surface area contributed by atoms with E-state index in [0.29, 0.717) is 21.4 Å². The summed E-state index contributed by atoms with van der Waals surface area (Å²) in [6.45, 7) is 5.84. The van der Waals surface area contributed by atoms with Gasteiger partial charge in [0.1, 0.15) is 17.0 Å². The molecule has 4 heterocycles. The van der Waals surface area contributed by atoms with Gasteiger partial charge in [-0.25, -0.2) is 9.97 Å². The molecule has 3 N–H and O–H groups in total. The van der Waals surface area contributed by atoms with Gasteiger partial charge in [0, 0.05) is 30.2 Å². The molecule has 0 amide bonds. The summed E-state index contributed by atoms with van der Waals surface area (Å²) >= 11 is 7.84. The van der Waals surface area contributed by atoms with E-state index < -0.39 is 0 Å². The Balaban J connectivity index is 1.55. The van der Waals surface area contributed by atoms with Crippen LogP contribution < -0.4 is 10.6 Å². The number of nitrogens with zero attached hydrogens (tertiary/aromatic N) is 6. The van der Waals surface area contributed by atoms with E-state index >= 15 is 0 Å². The first-order valence-corrected chi connectivity index (χ1v) is 10.7. The molecule has 8 nitrogen and oxygen atoms in total. The quantitative estimate of drug-likeness (QED) is 0.632. The average molecular weight is 434 g/mol. The van der Waals surface area contributed by atoms with Gasteiger partial charge in [-0.3, -0.25) is 4.40 Å². The Labute approximate surface area is 178 Å². The van der Waals surface area contributed by atoms with E-state index in [1.807, 2.05) is 12.3 Å². The third kappa shape index (κ3) is 3.92. The van der Waals surface area contributed by atoms with Crippen LogP contribution in [0.25, 0.3) is 5.65 Å². The number of pyridine rings is 1. The smallest absolute Gasteiger partial charge is 0.180 e. The number of fused-ring (bicyclic) bond motifs is 1. The minimum Gasteiger partial charge on any atom is -0.390 e. The van der Waals surface area contributed by atoms with Crippen molar-refractivity contribution in [2.75, 3.05) is 18.0 Å². The van der Waals surface area contributed by atoms with Crippen LogP contribution in [0.15, 0.2) is 34.7 Å². The van der Waals surface area contributed by atoms with E-state index in [1.165, 1.54) is 11.8 Å². The number of aliphatic hydroxyl groups excluding tert-OH is 1. The van der Waals surface area contributed by atoms with Crippen LogP contribution in [-0.2, 0) is 6.61 Å². The van der Waals surface area contributed by atoms with Crippen molar-refractivity contribution < 1.29 is 5.11 Å². The van der Waals surface area contributed by atoms with Crippen molar-refractivity contribution in [1.82, 2.24) is 24.6 Å². The number of aromatic nitrogens is 5. The van der Waals surface area contributed by atoms with Crippen LogP contribution in [-0.4, -0.2) is 48.8 Å². The van der Waals surface area contributed by atoms with Gasteiger partial charge in [0.05, 0.1) is 17.8 Å². The molecule has 1 aliphatic heterocycles. The maximum Gasteiger partial charge on any atom is 0.180 e. The van der Waals surface area contributed by atoms with Crippen molar-refractivity contribution in [3.63, 3.8) is 0 Å². The Morgan fingerprint density at radius 3 is 2.83 bits per heavy atom. The minimum absolute atomic E-state index is 0.135. The molecule has 0 saturated carbocycles. The highest BCUT2D eigenvalue weighted by molar-refractivity contribution is 7.99. The second-order valence-electron chi connectivity index (χ2n) is 7.72. The fourth-order valence-electron chi connectivity index (χ4n) is 3.54. The van der Waals surface area contributed by atoms with Crippen molar-refractivity contribution in [2.24, 2.45) is 11.1 Å². The maximum atomic E-state index is 9.89. The summed E-state index contributed by atoms with van der Waals surface area (Å²) in [5, 5.41) is 19.0. The predicted octanol–water partition coefficient (Wildman–Crippen LogP) is 2.77. The van der Waals surface area contributed by atoms with E-state index in [9.17, 15) is 5.11 Å². The monoisotopic (exact) mass is 433 g/mol. The predicted molar refractivity (Wildman–Crippen MR) is 113 cm³/mol. The van der Waals surface area contributed by atoms with Crippen LogP contribution in [0.5, 0.6) is 0 Å². The van der Waals surface area contributed by atoms with Crippen LogP contribution in [0.2, 0.25) is 5.02 Å². The molecule has 1 fully saturated rings. The molecular formula is C19H24ClN7OS. The molecule has 154 valence electrons. The molecule has 1 atom stereocenters. The van der Waals surface area contributed by atoms with Crippen LogP contribution in [0, 0.1) is 5.41 Å². The second kappa shape index (κ2) is 8.06. The summed E-state index contributed by atoms with van der Waals surface area (Å²) in [5.74, 6) is 0.739. The topological polar surface area (TPSA) is 105 Å². The average Bonchev–Trinajstić information content (AvgIpc) is 3.20. The van der Waals surface area contributed by atoms with Crippen molar-refractivity contribution in [1.29, 1.82) is 0 Å². The molecular weight excluding hydrogens is 410 g/mol. The number of hydrogen-bond acceptors (Lipinski definition) is 8. The summed E-state index contributed by atoms with van der Waals surface area (Å²) in [5.41, 5.74) is 7.46. The zero-order chi connectivity index (χ0) is 20.6. The maximum absolute atomic E-state index is 9.89. The molecule has 1 unspecified atom stereocenters. The number of rotatable bonds is 5. The summed E-state index contributed by atoms with van der Waals surface area (Å²) in [4.78, 5) is 12.2. The molecule has 0 aliphatic carbocycles.